The van der Waals surface area contributed by atoms with Gasteiger partial charge in [-0.25, -0.2) is 0 Å². The van der Waals surface area contributed by atoms with Crippen LogP contribution in [0.2, 0.25) is 0 Å². The first-order valence-electron chi connectivity index (χ1n) is 9.14. The Morgan fingerprint density at radius 1 is 0.929 bits per heavy atom. The van der Waals surface area contributed by atoms with E-state index in [1.54, 1.807) is 6.07 Å². The van der Waals surface area contributed by atoms with Crippen LogP contribution in [-0.2, 0) is 0 Å². The van der Waals surface area contributed by atoms with Gasteiger partial charge in [0.05, 0.1) is 19.3 Å². The van der Waals surface area contributed by atoms with Crippen LogP contribution in [0, 0.1) is 0 Å². The van der Waals surface area contributed by atoms with E-state index in [0.29, 0.717) is 33.3 Å². The zero-order valence-corrected chi connectivity index (χ0v) is 17.5. The van der Waals surface area contributed by atoms with Crippen molar-refractivity contribution >= 4 is 22.7 Å². The quantitative estimate of drug-likeness (QED) is 0.520. The molecule has 5 nitrogen and oxygen atoms in total. The monoisotopic (exact) mass is 400 g/mol. The van der Waals surface area contributed by atoms with E-state index in [1.807, 2.05) is 58.0 Å². The van der Waals surface area contributed by atoms with Crippen molar-refractivity contribution in [2.45, 2.75) is 49.9 Å². The Hall–Kier alpha value is -2.60. The molecule has 0 bridgehead atoms. The van der Waals surface area contributed by atoms with Crippen molar-refractivity contribution in [3.63, 3.8) is 0 Å². The molecule has 1 heterocycles. The molecule has 0 amide bonds. The highest BCUT2D eigenvalue weighted by Crippen LogP contribution is 2.44. The van der Waals surface area contributed by atoms with Crippen LogP contribution in [0.5, 0.6) is 17.2 Å². The third-order valence-electron chi connectivity index (χ3n) is 3.75. The minimum Gasteiger partial charge on any atom is -0.490 e. The normalized spacial score (nSPS) is 11.2. The van der Waals surface area contributed by atoms with Crippen molar-refractivity contribution in [1.29, 1.82) is 0 Å². The van der Waals surface area contributed by atoms with Crippen LogP contribution < -0.4 is 19.6 Å². The van der Waals surface area contributed by atoms with E-state index in [1.165, 1.54) is 24.9 Å². The molecule has 0 unspecified atom stereocenters. The van der Waals surface area contributed by atoms with Crippen LogP contribution in [0.1, 0.15) is 27.7 Å². The predicted octanol–water partition coefficient (Wildman–Crippen LogP) is 5.53. The van der Waals surface area contributed by atoms with E-state index in [2.05, 4.69) is 0 Å². The number of hydrogen-bond donors (Lipinski definition) is 0. The van der Waals surface area contributed by atoms with E-state index >= 15 is 0 Å². The molecule has 0 aliphatic heterocycles. The van der Waals surface area contributed by atoms with Gasteiger partial charge in [-0.2, -0.15) is 0 Å². The zero-order valence-electron chi connectivity index (χ0n) is 16.6. The van der Waals surface area contributed by atoms with Gasteiger partial charge in [-0.05, 0) is 39.8 Å². The Bertz CT molecular complexity index is 1010. The zero-order chi connectivity index (χ0) is 20.3. The molecule has 0 aliphatic carbocycles. The second kappa shape index (κ2) is 8.61. The van der Waals surface area contributed by atoms with Crippen molar-refractivity contribution in [3.05, 3.63) is 52.7 Å². The molecule has 6 heteroatoms. The van der Waals surface area contributed by atoms with Gasteiger partial charge in [-0.15, -0.1) is 0 Å². The van der Waals surface area contributed by atoms with Crippen LogP contribution in [0.25, 0.3) is 11.0 Å². The molecule has 0 spiro atoms. The van der Waals surface area contributed by atoms with Crippen LogP contribution in [0.15, 0.2) is 61.7 Å². The first-order valence-corrected chi connectivity index (χ1v) is 9.95. The number of ether oxygens (including phenoxy) is 3. The average molecular weight is 400 g/mol. The minimum absolute atomic E-state index is 0.0770. The lowest BCUT2D eigenvalue weighted by molar-refractivity contribution is 0.210. The lowest BCUT2D eigenvalue weighted by atomic mass is 10.1. The molecule has 0 aliphatic rings. The molecule has 0 fully saturated rings. The van der Waals surface area contributed by atoms with E-state index in [4.69, 9.17) is 18.6 Å². The summed E-state index contributed by atoms with van der Waals surface area (Å²) in [5.41, 5.74) is 0.211. The van der Waals surface area contributed by atoms with Crippen LogP contribution >= 0.6 is 11.8 Å². The molecule has 1 aromatic heterocycles. The van der Waals surface area contributed by atoms with E-state index in [9.17, 15) is 4.79 Å². The van der Waals surface area contributed by atoms with Gasteiger partial charge in [-0.3, -0.25) is 4.79 Å². The van der Waals surface area contributed by atoms with Crippen LogP contribution in [-0.4, -0.2) is 19.3 Å². The summed E-state index contributed by atoms with van der Waals surface area (Å²) >= 11 is 1.39. The standard InChI is InChI=1S/C22H24O5S/c1-13(2)25-18-12-17-20(22(21(18)24-5)26-14(3)4)16(23)11-19(27-17)28-15-9-7-6-8-10-15/h6-14H,1-5H3. The third-order valence-corrected chi connectivity index (χ3v) is 4.66. The largest absolute Gasteiger partial charge is 0.490 e. The Kier molecular flexibility index (Phi) is 6.19. The fraction of sp³-hybridized carbons (Fsp3) is 0.318. The Balaban J connectivity index is 2.20. The van der Waals surface area contributed by atoms with Crippen LogP contribution in [0.3, 0.4) is 0 Å². The van der Waals surface area contributed by atoms with Gasteiger partial charge >= 0.3 is 0 Å². The highest BCUT2D eigenvalue weighted by atomic mass is 32.2. The summed E-state index contributed by atoms with van der Waals surface area (Å²) in [6.07, 6.45) is -0.226. The van der Waals surface area contributed by atoms with Gasteiger partial charge in [0, 0.05) is 17.0 Å². The summed E-state index contributed by atoms with van der Waals surface area (Å²) in [5, 5.41) is 0.846. The number of benzene rings is 2. The second-order valence-corrected chi connectivity index (χ2v) is 7.87. The van der Waals surface area contributed by atoms with Gasteiger partial charge < -0.3 is 18.6 Å². The summed E-state index contributed by atoms with van der Waals surface area (Å²) in [5.74, 6) is 1.21. The molecule has 3 rings (SSSR count). The molecule has 0 saturated carbocycles. The summed E-state index contributed by atoms with van der Waals surface area (Å²) in [6.45, 7) is 7.62. The summed E-state index contributed by atoms with van der Waals surface area (Å²) in [6, 6.07) is 12.9. The Labute approximate surface area is 168 Å². The molecule has 0 atom stereocenters. The van der Waals surface area contributed by atoms with E-state index in [0.717, 1.165) is 4.90 Å². The smallest absolute Gasteiger partial charge is 0.204 e. The van der Waals surface area contributed by atoms with Gasteiger partial charge in [0.25, 0.3) is 0 Å². The average Bonchev–Trinajstić information content (AvgIpc) is 2.61. The third kappa shape index (κ3) is 4.44. The predicted molar refractivity (Wildman–Crippen MR) is 111 cm³/mol. The molecule has 0 radical (unpaired) electrons. The number of fused-ring (bicyclic) bond motifs is 1. The maximum Gasteiger partial charge on any atom is 0.204 e. The fourth-order valence-electron chi connectivity index (χ4n) is 2.76. The first-order chi connectivity index (χ1) is 13.4. The van der Waals surface area contributed by atoms with Crippen molar-refractivity contribution in [2.24, 2.45) is 0 Å². The maximum atomic E-state index is 12.9. The van der Waals surface area contributed by atoms with Crippen molar-refractivity contribution in [2.75, 3.05) is 7.11 Å². The van der Waals surface area contributed by atoms with Gasteiger partial charge in [0.2, 0.25) is 5.75 Å². The number of rotatable bonds is 7. The number of methoxy groups -OCH3 is 1. The highest BCUT2D eigenvalue weighted by molar-refractivity contribution is 7.99. The van der Waals surface area contributed by atoms with Gasteiger partial charge in [0.15, 0.2) is 22.0 Å². The molecule has 148 valence electrons. The van der Waals surface area contributed by atoms with Crippen LogP contribution in [0.4, 0.5) is 0 Å². The summed E-state index contributed by atoms with van der Waals surface area (Å²) in [7, 11) is 1.53. The lowest BCUT2D eigenvalue weighted by Crippen LogP contribution is -2.13. The van der Waals surface area contributed by atoms with Crippen molar-refractivity contribution in [1.82, 2.24) is 0 Å². The summed E-state index contributed by atoms with van der Waals surface area (Å²) < 4.78 is 23.4. The molecular weight excluding hydrogens is 376 g/mol. The van der Waals surface area contributed by atoms with Gasteiger partial charge in [0.1, 0.15) is 11.0 Å². The Morgan fingerprint density at radius 2 is 1.61 bits per heavy atom. The molecular formula is C22H24O5S. The topological polar surface area (TPSA) is 57.9 Å². The molecule has 28 heavy (non-hydrogen) atoms. The van der Waals surface area contributed by atoms with E-state index in [-0.39, 0.29) is 17.6 Å². The second-order valence-electron chi connectivity index (χ2n) is 6.79. The first kappa shape index (κ1) is 20.1. The van der Waals surface area contributed by atoms with E-state index < -0.39 is 0 Å². The van der Waals surface area contributed by atoms with Gasteiger partial charge in [-0.1, -0.05) is 30.0 Å². The number of hydrogen-bond acceptors (Lipinski definition) is 6. The minimum atomic E-state index is -0.190. The maximum absolute atomic E-state index is 12.9. The highest BCUT2D eigenvalue weighted by Gasteiger charge is 2.23. The molecule has 0 N–H and O–H groups in total. The fourth-order valence-corrected chi connectivity index (χ4v) is 3.59. The Morgan fingerprint density at radius 3 is 2.21 bits per heavy atom. The lowest BCUT2D eigenvalue weighted by Gasteiger charge is -2.20. The molecule has 3 aromatic rings. The molecule has 0 saturated heterocycles. The molecule has 2 aromatic carbocycles. The van der Waals surface area contributed by atoms with Crippen molar-refractivity contribution in [3.8, 4) is 17.2 Å². The SMILES string of the molecule is COc1c(OC(C)C)cc2oc(Sc3ccccc3)cc(=O)c2c1OC(C)C. The summed E-state index contributed by atoms with van der Waals surface area (Å²) in [4.78, 5) is 13.9. The van der Waals surface area contributed by atoms with Crippen molar-refractivity contribution < 1.29 is 18.6 Å².